The average Bonchev–Trinajstić information content (AvgIpc) is 2.97. The van der Waals surface area contributed by atoms with Crippen LogP contribution in [0.25, 0.3) is 0 Å². The van der Waals surface area contributed by atoms with Gasteiger partial charge < -0.3 is 14.6 Å². The van der Waals surface area contributed by atoms with Gasteiger partial charge in [0, 0.05) is 25.2 Å². The van der Waals surface area contributed by atoms with Crippen molar-refractivity contribution >= 4 is 0 Å². The van der Waals surface area contributed by atoms with Crippen LogP contribution in [0.5, 0.6) is 0 Å². The number of aliphatic hydroxyl groups is 1. The molecule has 1 aromatic carbocycles. The number of hydrogen-bond donors (Lipinski definition) is 1. The minimum absolute atomic E-state index is 0.0198. The highest BCUT2D eigenvalue weighted by atomic mass is 19.1. The Morgan fingerprint density at radius 2 is 2.09 bits per heavy atom. The predicted molar refractivity (Wildman–Crippen MR) is 85.7 cm³/mol. The van der Waals surface area contributed by atoms with Crippen molar-refractivity contribution in [3.63, 3.8) is 0 Å². The van der Waals surface area contributed by atoms with Crippen molar-refractivity contribution in [1.82, 2.24) is 4.90 Å². The molecular weight excluding hydrogens is 297 g/mol. The fourth-order valence-corrected chi connectivity index (χ4v) is 3.67. The van der Waals surface area contributed by atoms with E-state index in [1.165, 1.54) is 18.9 Å². The minimum atomic E-state index is -0.557. The molecule has 23 heavy (non-hydrogen) atoms. The molecule has 0 aromatic heterocycles. The van der Waals surface area contributed by atoms with Gasteiger partial charge in [-0.3, -0.25) is 4.90 Å². The average molecular weight is 323 g/mol. The molecular formula is C18H26FNO3. The summed E-state index contributed by atoms with van der Waals surface area (Å²) in [5.74, 6) is -0.265. The van der Waals surface area contributed by atoms with E-state index >= 15 is 0 Å². The summed E-state index contributed by atoms with van der Waals surface area (Å²) in [6.07, 6.45) is 4.18. The molecule has 2 aliphatic rings. The summed E-state index contributed by atoms with van der Waals surface area (Å²) < 4.78 is 25.0. The van der Waals surface area contributed by atoms with Crippen molar-refractivity contribution in [2.75, 3.05) is 32.8 Å². The molecule has 1 heterocycles. The Labute approximate surface area is 137 Å². The smallest absolute Gasteiger partial charge is 0.128 e. The van der Waals surface area contributed by atoms with Gasteiger partial charge in [-0.1, -0.05) is 31.0 Å². The second kappa shape index (κ2) is 7.71. The highest BCUT2D eigenvalue weighted by molar-refractivity contribution is 5.16. The van der Waals surface area contributed by atoms with Crippen LogP contribution in [0.3, 0.4) is 0 Å². The van der Waals surface area contributed by atoms with Crippen molar-refractivity contribution < 1.29 is 19.0 Å². The maximum atomic E-state index is 13.5. The summed E-state index contributed by atoms with van der Waals surface area (Å²) >= 11 is 0. The van der Waals surface area contributed by atoms with Gasteiger partial charge in [-0.25, -0.2) is 4.39 Å². The van der Waals surface area contributed by atoms with E-state index in [4.69, 9.17) is 9.47 Å². The Morgan fingerprint density at radius 3 is 2.87 bits per heavy atom. The maximum Gasteiger partial charge on any atom is 0.128 e. The lowest BCUT2D eigenvalue weighted by Crippen LogP contribution is -2.52. The first-order chi connectivity index (χ1) is 11.2. The van der Waals surface area contributed by atoms with Crippen LogP contribution in [0.15, 0.2) is 24.3 Å². The van der Waals surface area contributed by atoms with Crippen LogP contribution >= 0.6 is 0 Å². The quantitative estimate of drug-likeness (QED) is 0.872. The first-order valence-corrected chi connectivity index (χ1v) is 8.52. The Morgan fingerprint density at radius 1 is 1.30 bits per heavy atom. The van der Waals surface area contributed by atoms with E-state index in [1.54, 1.807) is 18.2 Å². The van der Waals surface area contributed by atoms with Crippen LogP contribution in [-0.2, 0) is 16.1 Å². The molecule has 1 N–H and O–H groups in total. The van der Waals surface area contributed by atoms with Crippen molar-refractivity contribution in [3.8, 4) is 0 Å². The van der Waals surface area contributed by atoms with Gasteiger partial charge >= 0.3 is 0 Å². The third-order valence-corrected chi connectivity index (χ3v) is 4.84. The number of aliphatic hydroxyl groups excluding tert-OH is 1. The lowest BCUT2D eigenvalue weighted by atomic mass is 9.99. The summed E-state index contributed by atoms with van der Waals surface area (Å²) in [6.45, 7) is 3.49. The molecule has 4 nitrogen and oxygen atoms in total. The Kier molecular flexibility index (Phi) is 5.64. The standard InChI is InChI=1S/C18H26FNO3/c19-17-6-2-1-5-15(17)12-22-13-16(21)11-20-9-10-23-18(14-20)7-3-4-8-18/h1-2,5-6,16,21H,3-4,7-14H2. The zero-order chi connectivity index (χ0) is 16.1. The number of nitrogens with zero attached hydrogens (tertiary/aromatic N) is 1. The van der Waals surface area contributed by atoms with E-state index < -0.39 is 6.10 Å². The van der Waals surface area contributed by atoms with Gasteiger partial charge in [-0.2, -0.15) is 0 Å². The first kappa shape index (κ1) is 16.8. The Balaban J connectivity index is 1.40. The molecule has 0 bridgehead atoms. The zero-order valence-corrected chi connectivity index (χ0v) is 13.5. The fourth-order valence-electron chi connectivity index (χ4n) is 3.67. The molecule has 1 atom stereocenters. The van der Waals surface area contributed by atoms with E-state index in [0.29, 0.717) is 12.1 Å². The zero-order valence-electron chi connectivity index (χ0n) is 13.5. The number of morpholine rings is 1. The third-order valence-electron chi connectivity index (χ3n) is 4.84. The number of benzene rings is 1. The molecule has 1 spiro atoms. The van der Waals surface area contributed by atoms with Gasteiger partial charge in [-0.05, 0) is 18.9 Å². The number of halogens is 1. The third kappa shape index (κ3) is 4.51. The van der Waals surface area contributed by atoms with Crippen molar-refractivity contribution in [2.45, 2.75) is 44.0 Å². The van der Waals surface area contributed by atoms with Crippen molar-refractivity contribution in [3.05, 3.63) is 35.6 Å². The molecule has 2 fully saturated rings. The summed E-state index contributed by atoms with van der Waals surface area (Å²) in [6, 6.07) is 6.56. The fraction of sp³-hybridized carbons (Fsp3) is 0.667. The predicted octanol–water partition coefficient (Wildman–Crippen LogP) is 2.35. The largest absolute Gasteiger partial charge is 0.389 e. The van der Waals surface area contributed by atoms with E-state index in [2.05, 4.69) is 4.90 Å². The maximum absolute atomic E-state index is 13.5. The van der Waals surface area contributed by atoms with E-state index in [-0.39, 0.29) is 24.6 Å². The Bertz CT molecular complexity index is 505. The van der Waals surface area contributed by atoms with Gasteiger partial charge in [0.1, 0.15) is 5.82 Å². The molecule has 1 saturated heterocycles. The molecule has 3 rings (SSSR count). The van der Waals surface area contributed by atoms with Gasteiger partial charge in [0.05, 0.1) is 31.5 Å². The van der Waals surface area contributed by atoms with Crippen molar-refractivity contribution in [2.24, 2.45) is 0 Å². The van der Waals surface area contributed by atoms with Gasteiger partial charge in [0.25, 0.3) is 0 Å². The van der Waals surface area contributed by atoms with E-state index in [9.17, 15) is 9.50 Å². The minimum Gasteiger partial charge on any atom is -0.389 e. The first-order valence-electron chi connectivity index (χ1n) is 8.52. The second-order valence-corrected chi connectivity index (χ2v) is 6.73. The number of hydrogen-bond acceptors (Lipinski definition) is 4. The molecule has 0 radical (unpaired) electrons. The highest BCUT2D eigenvalue weighted by Gasteiger charge is 2.39. The number of ether oxygens (including phenoxy) is 2. The highest BCUT2D eigenvalue weighted by Crippen LogP contribution is 2.35. The molecule has 1 saturated carbocycles. The molecule has 5 heteroatoms. The van der Waals surface area contributed by atoms with E-state index in [0.717, 1.165) is 32.5 Å². The topological polar surface area (TPSA) is 41.9 Å². The summed E-state index contributed by atoms with van der Waals surface area (Å²) in [7, 11) is 0. The summed E-state index contributed by atoms with van der Waals surface area (Å²) in [5.41, 5.74) is 0.544. The molecule has 1 aliphatic carbocycles. The number of rotatable bonds is 6. The summed E-state index contributed by atoms with van der Waals surface area (Å²) in [4.78, 5) is 2.27. The van der Waals surface area contributed by atoms with Crippen LogP contribution in [0.2, 0.25) is 0 Å². The summed E-state index contributed by atoms with van der Waals surface area (Å²) in [5, 5.41) is 10.2. The van der Waals surface area contributed by atoms with Crippen LogP contribution in [0, 0.1) is 5.82 Å². The Hall–Kier alpha value is -1.01. The second-order valence-electron chi connectivity index (χ2n) is 6.73. The van der Waals surface area contributed by atoms with Crippen molar-refractivity contribution in [1.29, 1.82) is 0 Å². The van der Waals surface area contributed by atoms with Gasteiger partial charge in [0.15, 0.2) is 0 Å². The normalized spacial score (nSPS) is 22.5. The molecule has 1 unspecified atom stereocenters. The SMILES string of the molecule is OC(COCc1ccccc1F)CN1CCOC2(CCCC2)C1. The van der Waals surface area contributed by atoms with Crippen LogP contribution in [-0.4, -0.2) is 54.6 Å². The van der Waals surface area contributed by atoms with E-state index in [1.807, 2.05) is 0 Å². The lowest BCUT2D eigenvalue weighted by molar-refractivity contribution is -0.114. The molecule has 1 aromatic rings. The van der Waals surface area contributed by atoms with Crippen LogP contribution < -0.4 is 0 Å². The van der Waals surface area contributed by atoms with Crippen LogP contribution in [0.1, 0.15) is 31.2 Å². The molecule has 0 amide bonds. The van der Waals surface area contributed by atoms with Crippen LogP contribution in [0.4, 0.5) is 4.39 Å². The van der Waals surface area contributed by atoms with Gasteiger partial charge in [-0.15, -0.1) is 0 Å². The van der Waals surface area contributed by atoms with Gasteiger partial charge in [0.2, 0.25) is 0 Å². The molecule has 1 aliphatic heterocycles. The monoisotopic (exact) mass is 323 g/mol. The lowest BCUT2D eigenvalue weighted by Gasteiger charge is -2.41. The number of β-amino-alcohol motifs (C(OH)–C–C–N with tert-alkyl or cyclic N) is 1. The molecule has 128 valence electrons.